The number of hydrogen-bond donors (Lipinski definition) is 1. The van der Waals surface area contributed by atoms with Crippen LogP contribution in [0.2, 0.25) is 0 Å². The summed E-state index contributed by atoms with van der Waals surface area (Å²) in [5.41, 5.74) is 3.68. The molecule has 1 aliphatic carbocycles. The Hall–Kier alpha value is -2.07. The van der Waals surface area contributed by atoms with Crippen molar-refractivity contribution in [3.63, 3.8) is 0 Å². The van der Waals surface area contributed by atoms with Gasteiger partial charge in [-0.05, 0) is 42.2 Å². The molecule has 0 unspecified atom stereocenters. The van der Waals surface area contributed by atoms with Crippen LogP contribution < -0.4 is 0 Å². The van der Waals surface area contributed by atoms with Crippen LogP contribution in [0.15, 0.2) is 59.2 Å². The van der Waals surface area contributed by atoms with Gasteiger partial charge in [-0.3, -0.25) is 4.79 Å². The van der Waals surface area contributed by atoms with Gasteiger partial charge in [0.05, 0.1) is 6.42 Å². The van der Waals surface area contributed by atoms with E-state index in [9.17, 15) is 4.79 Å². The fourth-order valence-corrected chi connectivity index (χ4v) is 4.12. The van der Waals surface area contributed by atoms with Gasteiger partial charge in [0.1, 0.15) is 0 Å². The minimum absolute atomic E-state index is 0.112. The van der Waals surface area contributed by atoms with Crippen molar-refractivity contribution in [1.82, 2.24) is 9.88 Å². The summed E-state index contributed by atoms with van der Waals surface area (Å²) >= 11 is 3.47. The minimum atomic E-state index is 0.112. The van der Waals surface area contributed by atoms with Crippen molar-refractivity contribution in [2.45, 2.75) is 24.7 Å². The van der Waals surface area contributed by atoms with E-state index in [4.69, 9.17) is 0 Å². The number of carbonyl (C=O) groups excluding carboxylic acids is 1. The molecule has 0 aliphatic heterocycles. The minimum Gasteiger partial charge on any atom is -0.361 e. The van der Waals surface area contributed by atoms with Crippen molar-refractivity contribution in [2.75, 3.05) is 13.6 Å². The monoisotopic (exact) mass is 396 g/mol. The molecule has 3 nitrogen and oxygen atoms in total. The summed E-state index contributed by atoms with van der Waals surface area (Å²) in [5.74, 6) is 0.171. The third-order valence-electron chi connectivity index (χ3n) is 5.22. The second kappa shape index (κ2) is 6.34. The maximum absolute atomic E-state index is 12.7. The number of fused-ring (bicyclic) bond motifs is 1. The molecule has 128 valence electrons. The first-order valence-electron chi connectivity index (χ1n) is 8.62. The van der Waals surface area contributed by atoms with E-state index in [2.05, 4.69) is 51.4 Å². The van der Waals surface area contributed by atoms with Gasteiger partial charge in [0.2, 0.25) is 5.91 Å². The first-order valence-corrected chi connectivity index (χ1v) is 9.42. The lowest BCUT2D eigenvalue weighted by atomic mass is 9.94. The molecule has 1 aliphatic rings. The number of H-pyrrole nitrogens is 1. The van der Waals surface area contributed by atoms with E-state index < -0.39 is 0 Å². The first-order chi connectivity index (χ1) is 12.1. The summed E-state index contributed by atoms with van der Waals surface area (Å²) in [6.07, 6.45) is 4.86. The van der Waals surface area contributed by atoms with E-state index in [1.807, 2.05) is 36.2 Å². The maximum Gasteiger partial charge on any atom is 0.226 e. The molecule has 4 rings (SSSR count). The fraction of sp³-hybridized carbons (Fsp3) is 0.286. The van der Waals surface area contributed by atoms with Crippen LogP contribution in [0.25, 0.3) is 10.9 Å². The zero-order chi connectivity index (χ0) is 17.4. The third-order valence-corrected chi connectivity index (χ3v) is 5.72. The second-order valence-electron chi connectivity index (χ2n) is 7.08. The van der Waals surface area contributed by atoms with Gasteiger partial charge in [-0.1, -0.05) is 46.3 Å². The molecule has 1 amide bonds. The Bertz CT molecular complexity index is 926. The summed E-state index contributed by atoms with van der Waals surface area (Å²) in [5, 5.41) is 1.29. The van der Waals surface area contributed by atoms with Gasteiger partial charge in [0.15, 0.2) is 0 Å². The molecule has 2 aromatic carbocycles. The summed E-state index contributed by atoms with van der Waals surface area (Å²) in [6.45, 7) is 0.779. The molecule has 0 saturated heterocycles. The molecular weight excluding hydrogens is 376 g/mol. The van der Waals surface area contributed by atoms with Gasteiger partial charge in [0.25, 0.3) is 0 Å². The lowest BCUT2D eigenvalue weighted by Gasteiger charge is -2.24. The summed E-state index contributed by atoms with van der Waals surface area (Å²) in [4.78, 5) is 17.9. The van der Waals surface area contributed by atoms with Crippen molar-refractivity contribution in [3.8, 4) is 0 Å². The molecule has 0 atom stereocenters. The van der Waals surface area contributed by atoms with E-state index in [-0.39, 0.29) is 11.3 Å². The topological polar surface area (TPSA) is 36.1 Å². The number of nitrogens with zero attached hydrogens (tertiary/aromatic N) is 1. The van der Waals surface area contributed by atoms with E-state index in [0.29, 0.717) is 6.42 Å². The zero-order valence-electron chi connectivity index (χ0n) is 14.3. The summed E-state index contributed by atoms with van der Waals surface area (Å²) in [7, 11) is 1.93. The number of hydrogen-bond acceptors (Lipinski definition) is 1. The summed E-state index contributed by atoms with van der Waals surface area (Å²) in [6, 6.07) is 16.4. The number of para-hydroxylation sites is 1. The smallest absolute Gasteiger partial charge is 0.226 e. The molecule has 25 heavy (non-hydrogen) atoms. The van der Waals surface area contributed by atoms with E-state index in [0.717, 1.165) is 29.4 Å². The van der Waals surface area contributed by atoms with Gasteiger partial charge in [0, 0.05) is 40.6 Å². The zero-order valence-corrected chi connectivity index (χ0v) is 15.8. The molecular formula is C21H21BrN2O. The second-order valence-corrected chi connectivity index (χ2v) is 8.00. The Morgan fingerprint density at radius 3 is 2.76 bits per heavy atom. The number of carbonyl (C=O) groups is 1. The van der Waals surface area contributed by atoms with Crippen LogP contribution in [0.3, 0.4) is 0 Å². The number of halogens is 1. The molecule has 0 spiro atoms. The van der Waals surface area contributed by atoms with Gasteiger partial charge in [-0.2, -0.15) is 0 Å². The average Bonchev–Trinajstić information content (AvgIpc) is 3.23. The highest BCUT2D eigenvalue weighted by Crippen LogP contribution is 2.50. The number of aromatic nitrogens is 1. The van der Waals surface area contributed by atoms with Crippen LogP contribution in [0.5, 0.6) is 0 Å². The van der Waals surface area contributed by atoms with Crippen molar-refractivity contribution in [3.05, 3.63) is 70.3 Å². The molecule has 1 saturated carbocycles. The van der Waals surface area contributed by atoms with E-state index in [1.54, 1.807) is 0 Å². The Morgan fingerprint density at radius 1 is 1.20 bits per heavy atom. The van der Waals surface area contributed by atoms with Gasteiger partial charge in [-0.15, -0.1) is 0 Å². The highest BCUT2D eigenvalue weighted by molar-refractivity contribution is 9.10. The quantitative estimate of drug-likeness (QED) is 0.668. The standard InChI is InChI=1S/C21H21BrN2O/c1-24(20(25)12-15-5-4-6-16(22)11-15)14-21(9-10-21)18-13-23-19-8-3-2-7-17(18)19/h2-8,11,13,23H,9-10,12,14H2,1H3. The molecule has 1 fully saturated rings. The number of nitrogens with one attached hydrogen (secondary N) is 1. The van der Waals surface area contributed by atoms with E-state index in [1.165, 1.54) is 16.5 Å². The van der Waals surface area contributed by atoms with Crippen molar-refractivity contribution < 1.29 is 4.79 Å². The largest absolute Gasteiger partial charge is 0.361 e. The Kier molecular flexibility index (Phi) is 4.16. The number of aromatic amines is 1. The molecule has 1 aromatic heterocycles. The average molecular weight is 397 g/mol. The predicted molar refractivity (Wildman–Crippen MR) is 105 cm³/mol. The highest BCUT2D eigenvalue weighted by atomic mass is 79.9. The number of amides is 1. The molecule has 4 heteroatoms. The van der Waals surface area contributed by atoms with Crippen molar-refractivity contribution in [2.24, 2.45) is 0 Å². The molecule has 3 aromatic rings. The molecule has 1 N–H and O–H groups in total. The predicted octanol–water partition coefficient (Wildman–Crippen LogP) is 4.66. The Balaban J connectivity index is 1.50. The molecule has 0 bridgehead atoms. The van der Waals surface area contributed by atoms with Crippen LogP contribution >= 0.6 is 15.9 Å². The maximum atomic E-state index is 12.7. The lowest BCUT2D eigenvalue weighted by Crippen LogP contribution is -2.35. The molecule has 1 heterocycles. The Morgan fingerprint density at radius 2 is 2.00 bits per heavy atom. The van der Waals surface area contributed by atoms with Crippen molar-refractivity contribution >= 4 is 32.7 Å². The highest BCUT2D eigenvalue weighted by Gasteiger charge is 2.47. The van der Waals surface area contributed by atoms with Crippen molar-refractivity contribution in [1.29, 1.82) is 0 Å². The van der Waals surface area contributed by atoms with Crippen LogP contribution in [-0.4, -0.2) is 29.4 Å². The first kappa shape index (κ1) is 16.4. The molecule has 0 radical (unpaired) electrons. The Labute approximate surface area is 156 Å². The van der Waals surface area contributed by atoms with Gasteiger partial charge >= 0.3 is 0 Å². The summed E-state index contributed by atoms with van der Waals surface area (Å²) < 4.78 is 1.01. The third kappa shape index (κ3) is 3.23. The van der Waals surface area contributed by atoms with E-state index >= 15 is 0 Å². The van der Waals surface area contributed by atoms with Crippen LogP contribution in [-0.2, 0) is 16.6 Å². The van der Waals surface area contributed by atoms with Gasteiger partial charge < -0.3 is 9.88 Å². The van der Waals surface area contributed by atoms with Crippen LogP contribution in [0.4, 0.5) is 0 Å². The fourth-order valence-electron chi connectivity index (χ4n) is 3.67. The number of rotatable bonds is 5. The normalized spacial score (nSPS) is 15.3. The van der Waals surface area contributed by atoms with Crippen LogP contribution in [0, 0.1) is 0 Å². The lowest BCUT2D eigenvalue weighted by molar-refractivity contribution is -0.129. The van der Waals surface area contributed by atoms with Crippen LogP contribution in [0.1, 0.15) is 24.0 Å². The number of benzene rings is 2. The number of likely N-dealkylation sites (N-methyl/N-ethyl adjacent to an activating group) is 1. The van der Waals surface area contributed by atoms with Gasteiger partial charge in [-0.25, -0.2) is 0 Å². The SMILES string of the molecule is CN(CC1(c2c[nH]c3ccccc23)CC1)C(=O)Cc1cccc(Br)c1.